The molecule has 1 aromatic carbocycles. The van der Waals surface area contributed by atoms with Crippen molar-refractivity contribution in [3.63, 3.8) is 0 Å². The van der Waals surface area contributed by atoms with E-state index in [0.29, 0.717) is 21.3 Å². The molecule has 4 rings (SSSR count). The van der Waals surface area contributed by atoms with Gasteiger partial charge in [-0.1, -0.05) is 11.6 Å². The molecule has 5 nitrogen and oxygen atoms in total. The number of nitrogens with two attached hydrogens (primary N) is 1. The molecule has 138 valence electrons. The monoisotopic (exact) mass is 400 g/mol. The van der Waals surface area contributed by atoms with Crippen LogP contribution in [0.5, 0.6) is 0 Å². The van der Waals surface area contributed by atoms with Gasteiger partial charge in [0.2, 0.25) is 0 Å². The summed E-state index contributed by atoms with van der Waals surface area (Å²) in [5, 5.41) is 3.94. The first-order valence-corrected chi connectivity index (χ1v) is 9.84. The number of amides is 2. The zero-order chi connectivity index (χ0) is 19.0. The number of thiophene rings is 1. The third kappa shape index (κ3) is 3.50. The number of fused-ring (bicyclic) bond motifs is 1. The molecule has 2 aromatic heterocycles. The van der Waals surface area contributed by atoms with Gasteiger partial charge >= 0.3 is 0 Å². The van der Waals surface area contributed by atoms with Crippen LogP contribution in [0.25, 0.3) is 11.3 Å². The Labute approximate surface area is 165 Å². The summed E-state index contributed by atoms with van der Waals surface area (Å²) in [4.78, 5) is 25.7. The number of nitrogens with one attached hydrogen (secondary N) is 1. The van der Waals surface area contributed by atoms with Gasteiger partial charge < -0.3 is 15.5 Å². The predicted octanol–water partition coefficient (Wildman–Crippen LogP) is 4.89. The van der Waals surface area contributed by atoms with Gasteiger partial charge in [0, 0.05) is 15.5 Å². The number of furan rings is 1. The fourth-order valence-corrected chi connectivity index (χ4v) is 4.72. The first kappa shape index (κ1) is 17.8. The molecule has 0 atom stereocenters. The van der Waals surface area contributed by atoms with Crippen molar-refractivity contribution in [2.24, 2.45) is 5.73 Å². The number of benzene rings is 1. The Morgan fingerprint density at radius 2 is 1.81 bits per heavy atom. The molecule has 3 aromatic rings. The van der Waals surface area contributed by atoms with Crippen LogP contribution in [0.2, 0.25) is 5.02 Å². The van der Waals surface area contributed by atoms with Gasteiger partial charge in [-0.25, -0.2) is 0 Å². The number of carbonyl (C=O) groups is 2. The number of primary amides is 1. The maximum atomic E-state index is 12.6. The molecule has 0 aliphatic heterocycles. The normalized spacial score (nSPS) is 13.2. The maximum absolute atomic E-state index is 12.6. The summed E-state index contributed by atoms with van der Waals surface area (Å²) >= 11 is 7.33. The summed E-state index contributed by atoms with van der Waals surface area (Å²) < 4.78 is 5.68. The van der Waals surface area contributed by atoms with Crippen LogP contribution in [-0.2, 0) is 12.8 Å². The molecule has 3 N–H and O–H groups in total. The molecule has 2 amide bonds. The van der Waals surface area contributed by atoms with Crippen molar-refractivity contribution in [2.45, 2.75) is 25.7 Å². The first-order chi connectivity index (χ1) is 13.0. The Bertz CT molecular complexity index is 1020. The van der Waals surface area contributed by atoms with Crippen molar-refractivity contribution in [3.8, 4) is 11.3 Å². The molecular weight excluding hydrogens is 384 g/mol. The average molecular weight is 401 g/mol. The van der Waals surface area contributed by atoms with E-state index in [1.54, 1.807) is 24.3 Å². The fourth-order valence-electron chi connectivity index (χ4n) is 3.31. The first-order valence-electron chi connectivity index (χ1n) is 8.64. The second-order valence-corrected chi connectivity index (χ2v) is 7.95. The van der Waals surface area contributed by atoms with Gasteiger partial charge in [-0.3, -0.25) is 9.59 Å². The third-order valence-electron chi connectivity index (χ3n) is 4.60. The van der Waals surface area contributed by atoms with Crippen molar-refractivity contribution < 1.29 is 14.0 Å². The van der Waals surface area contributed by atoms with Crippen LogP contribution < -0.4 is 11.1 Å². The molecule has 1 aliphatic rings. The number of hydrogen-bond acceptors (Lipinski definition) is 4. The summed E-state index contributed by atoms with van der Waals surface area (Å²) in [7, 11) is 0. The number of rotatable bonds is 4. The van der Waals surface area contributed by atoms with E-state index in [0.717, 1.165) is 41.7 Å². The number of anilines is 1. The summed E-state index contributed by atoms with van der Waals surface area (Å²) in [6, 6.07) is 10.5. The molecule has 1 aliphatic carbocycles. The van der Waals surface area contributed by atoms with Crippen molar-refractivity contribution in [2.75, 3.05) is 5.32 Å². The van der Waals surface area contributed by atoms with E-state index in [2.05, 4.69) is 5.32 Å². The Balaban J connectivity index is 1.59. The third-order valence-corrected chi connectivity index (χ3v) is 6.06. The van der Waals surface area contributed by atoms with E-state index in [1.807, 2.05) is 12.1 Å². The van der Waals surface area contributed by atoms with Gasteiger partial charge in [-0.2, -0.15) is 0 Å². The lowest BCUT2D eigenvalue weighted by atomic mass is 9.95. The van der Waals surface area contributed by atoms with Gasteiger partial charge in [0.15, 0.2) is 5.76 Å². The highest BCUT2D eigenvalue weighted by Crippen LogP contribution is 2.38. The molecule has 0 bridgehead atoms. The zero-order valence-electron chi connectivity index (χ0n) is 14.4. The zero-order valence-corrected chi connectivity index (χ0v) is 16.0. The van der Waals surface area contributed by atoms with Gasteiger partial charge in [0.1, 0.15) is 10.8 Å². The number of halogens is 1. The van der Waals surface area contributed by atoms with E-state index in [9.17, 15) is 9.59 Å². The van der Waals surface area contributed by atoms with Crippen molar-refractivity contribution in [1.82, 2.24) is 0 Å². The minimum absolute atomic E-state index is 0.168. The smallest absolute Gasteiger partial charge is 0.292 e. The van der Waals surface area contributed by atoms with Crippen LogP contribution in [0.4, 0.5) is 5.00 Å². The van der Waals surface area contributed by atoms with Crippen molar-refractivity contribution in [3.05, 3.63) is 63.2 Å². The largest absolute Gasteiger partial charge is 0.451 e. The second kappa shape index (κ2) is 7.21. The maximum Gasteiger partial charge on any atom is 0.292 e. The van der Waals surface area contributed by atoms with E-state index in [4.69, 9.17) is 21.8 Å². The molecule has 0 fully saturated rings. The van der Waals surface area contributed by atoms with E-state index in [-0.39, 0.29) is 5.76 Å². The summed E-state index contributed by atoms with van der Waals surface area (Å²) in [5.41, 5.74) is 7.81. The van der Waals surface area contributed by atoms with Gasteiger partial charge in [0.25, 0.3) is 11.8 Å². The molecule has 0 spiro atoms. The van der Waals surface area contributed by atoms with Crippen LogP contribution in [-0.4, -0.2) is 11.8 Å². The van der Waals surface area contributed by atoms with Crippen LogP contribution in [0, 0.1) is 0 Å². The second-order valence-electron chi connectivity index (χ2n) is 6.40. The molecule has 0 saturated heterocycles. The minimum Gasteiger partial charge on any atom is -0.451 e. The lowest BCUT2D eigenvalue weighted by molar-refractivity contribution is 0.0998. The molecule has 2 heterocycles. The SMILES string of the molecule is NC(=O)c1c(NC(=O)c2ccc(-c3ccc(Cl)cc3)o2)sc2c1CCCC2. The topological polar surface area (TPSA) is 85.3 Å². The van der Waals surface area contributed by atoms with Crippen LogP contribution in [0.3, 0.4) is 0 Å². The minimum atomic E-state index is -0.508. The Morgan fingerprint density at radius 3 is 2.56 bits per heavy atom. The summed E-state index contributed by atoms with van der Waals surface area (Å²) in [5.74, 6) is -0.179. The van der Waals surface area contributed by atoms with Crippen molar-refractivity contribution >= 4 is 39.8 Å². The Kier molecular flexibility index (Phi) is 4.76. The number of hydrogen-bond donors (Lipinski definition) is 2. The highest BCUT2D eigenvalue weighted by Gasteiger charge is 2.25. The number of aryl methyl sites for hydroxylation is 1. The highest BCUT2D eigenvalue weighted by atomic mass is 35.5. The molecular formula is C20H17ClN2O3S. The average Bonchev–Trinajstić information content (AvgIpc) is 3.26. The standard InChI is InChI=1S/C20H17ClN2O3S/c21-12-7-5-11(6-8-12)14-9-10-15(26-14)19(25)23-20-17(18(22)24)13-3-1-2-4-16(13)27-20/h5-10H,1-4H2,(H2,22,24)(H,23,25). The predicted molar refractivity (Wildman–Crippen MR) is 107 cm³/mol. The van der Waals surface area contributed by atoms with E-state index >= 15 is 0 Å². The highest BCUT2D eigenvalue weighted by molar-refractivity contribution is 7.17. The molecule has 0 unspecified atom stereocenters. The van der Waals surface area contributed by atoms with Gasteiger partial charge in [-0.15, -0.1) is 11.3 Å². The quantitative estimate of drug-likeness (QED) is 0.653. The molecule has 0 radical (unpaired) electrons. The Hall–Kier alpha value is -2.57. The van der Waals surface area contributed by atoms with E-state index < -0.39 is 11.8 Å². The van der Waals surface area contributed by atoms with Crippen molar-refractivity contribution in [1.29, 1.82) is 0 Å². The lowest BCUT2D eigenvalue weighted by Crippen LogP contribution is -2.18. The number of carbonyl (C=O) groups excluding carboxylic acids is 2. The van der Waals surface area contributed by atoms with Crippen LogP contribution in [0.15, 0.2) is 40.8 Å². The van der Waals surface area contributed by atoms with Gasteiger partial charge in [0.05, 0.1) is 5.56 Å². The summed E-state index contributed by atoms with van der Waals surface area (Å²) in [6.45, 7) is 0. The molecule has 27 heavy (non-hydrogen) atoms. The molecule has 0 saturated carbocycles. The van der Waals surface area contributed by atoms with Crippen LogP contribution >= 0.6 is 22.9 Å². The fraction of sp³-hybridized carbons (Fsp3) is 0.200. The van der Waals surface area contributed by atoms with Gasteiger partial charge in [-0.05, 0) is 67.6 Å². The van der Waals surface area contributed by atoms with Crippen LogP contribution in [0.1, 0.15) is 44.2 Å². The lowest BCUT2D eigenvalue weighted by Gasteiger charge is -2.11. The Morgan fingerprint density at radius 1 is 1.07 bits per heavy atom. The van der Waals surface area contributed by atoms with E-state index in [1.165, 1.54) is 11.3 Å². The summed E-state index contributed by atoms with van der Waals surface area (Å²) in [6.07, 6.45) is 3.85. The molecule has 7 heteroatoms.